The fourth-order valence-corrected chi connectivity index (χ4v) is 0.805. The highest BCUT2D eigenvalue weighted by Gasteiger charge is 1.96. The Hall–Kier alpha value is -1.58. The predicted molar refractivity (Wildman–Crippen MR) is 33.7 cm³/mol. The van der Waals surface area contributed by atoms with Gasteiger partial charge in [0.15, 0.2) is 5.52 Å². The Bertz CT molecular complexity index is 401. The number of hydrogen-bond acceptors (Lipinski definition) is 3. The molecule has 0 saturated heterocycles. The topological polar surface area (TPSA) is 47.5 Å². The first-order valence-corrected chi connectivity index (χ1v) is 2.79. The van der Waals surface area contributed by atoms with Crippen molar-refractivity contribution in [2.24, 2.45) is 0 Å². The highest BCUT2D eigenvalue weighted by atomic mass is 16.4. The van der Waals surface area contributed by atoms with Crippen LogP contribution in [-0.2, 0) is 0 Å². The van der Waals surface area contributed by atoms with Crippen molar-refractivity contribution in [1.29, 1.82) is 0 Å². The zero-order chi connectivity index (χ0) is 6.97. The maximum atomic E-state index is 10.8. The molecule has 2 aromatic rings. The van der Waals surface area contributed by atoms with Gasteiger partial charge in [-0.05, 0) is 6.07 Å². The van der Waals surface area contributed by atoms with Gasteiger partial charge in [0.2, 0.25) is 0 Å². The lowest BCUT2D eigenvalue weighted by Crippen LogP contribution is -2.01. The van der Waals surface area contributed by atoms with Gasteiger partial charge in [-0.3, -0.25) is 0 Å². The number of hydrogen-bond donors (Lipinski definition) is 0. The summed E-state index contributed by atoms with van der Waals surface area (Å²) in [4.78, 5) is 10.8. The molecular weight excluding hydrogens is 132 g/mol. The highest BCUT2D eigenvalue weighted by molar-refractivity contribution is 5.40. The third-order valence-corrected chi connectivity index (χ3v) is 1.26. The summed E-state index contributed by atoms with van der Waals surface area (Å²) < 4.78 is 6.05. The first-order chi connectivity index (χ1) is 4.88. The van der Waals surface area contributed by atoms with Gasteiger partial charge < -0.3 is 4.42 Å². The normalized spacial score (nSPS) is 10.4. The molecule has 2 aromatic heterocycles. The average Bonchev–Trinajstić information content (AvgIpc) is 2.36. The van der Waals surface area contributed by atoms with E-state index in [2.05, 4.69) is 9.52 Å². The van der Waals surface area contributed by atoms with Crippen LogP contribution in [0, 0.1) is 0 Å². The summed E-state index contributed by atoms with van der Waals surface area (Å²) >= 11 is 0. The van der Waals surface area contributed by atoms with E-state index < -0.39 is 0 Å². The summed E-state index contributed by atoms with van der Waals surface area (Å²) in [5, 5.41) is 3.84. The monoisotopic (exact) mass is 136 g/mol. The van der Waals surface area contributed by atoms with Gasteiger partial charge in [-0.25, -0.2) is 9.31 Å². The van der Waals surface area contributed by atoms with Gasteiger partial charge in [-0.15, -0.1) is 0 Å². The first kappa shape index (κ1) is 5.22. The van der Waals surface area contributed by atoms with Crippen LogP contribution in [0.3, 0.4) is 0 Å². The minimum Gasteiger partial charge on any atom is -0.428 e. The molecule has 4 nitrogen and oxygen atoms in total. The van der Waals surface area contributed by atoms with E-state index in [4.69, 9.17) is 0 Å². The van der Waals surface area contributed by atoms with Crippen LogP contribution in [-0.4, -0.2) is 9.61 Å². The zero-order valence-electron chi connectivity index (χ0n) is 5.02. The Balaban J connectivity index is 3.09. The summed E-state index contributed by atoms with van der Waals surface area (Å²) in [6.07, 6.45) is 4.44. The van der Waals surface area contributed by atoms with Crippen LogP contribution in [0.5, 0.6) is 0 Å². The SMILES string of the molecule is O=c1occn2nccc12. The van der Waals surface area contributed by atoms with Crippen LogP contribution >= 0.6 is 0 Å². The quantitative estimate of drug-likeness (QED) is 0.522. The van der Waals surface area contributed by atoms with E-state index in [1.807, 2.05) is 0 Å². The van der Waals surface area contributed by atoms with Crippen molar-refractivity contribution in [3.8, 4) is 0 Å². The lowest BCUT2D eigenvalue weighted by molar-refractivity contribution is 0.506. The molecule has 10 heavy (non-hydrogen) atoms. The molecule has 0 atom stereocenters. The van der Waals surface area contributed by atoms with Gasteiger partial charge in [-0.2, -0.15) is 5.10 Å². The van der Waals surface area contributed by atoms with Crippen LogP contribution in [0.25, 0.3) is 5.52 Å². The summed E-state index contributed by atoms with van der Waals surface area (Å²) in [7, 11) is 0. The van der Waals surface area contributed by atoms with Crippen LogP contribution < -0.4 is 5.63 Å². The molecule has 4 heteroatoms. The molecule has 0 fully saturated rings. The molecule has 0 aromatic carbocycles. The van der Waals surface area contributed by atoms with Gasteiger partial charge in [0.1, 0.15) is 6.26 Å². The van der Waals surface area contributed by atoms with E-state index in [1.165, 1.54) is 10.8 Å². The molecule has 0 bridgehead atoms. The summed E-state index contributed by atoms with van der Waals surface area (Å²) in [6.45, 7) is 0. The molecule has 0 aliphatic rings. The van der Waals surface area contributed by atoms with E-state index in [0.29, 0.717) is 5.52 Å². The molecular formula is C6H4N2O2. The predicted octanol–water partition coefficient (Wildman–Crippen LogP) is 0.287. The van der Waals surface area contributed by atoms with Crippen molar-refractivity contribution in [3.05, 3.63) is 35.1 Å². The maximum Gasteiger partial charge on any atom is 0.361 e. The molecule has 0 aliphatic carbocycles. The summed E-state index contributed by atoms with van der Waals surface area (Å²) in [6, 6.07) is 1.60. The Morgan fingerprint density at radius 1 is 1.60 bits per heavy atom. The van der Waals surface area contributed by atoms with Gasteiger partial charge in [-0.1, -0.05) is 0 Å². The second-order valence-electron chi connectivity index (χ2n) is 1.85. The lowest BCUT2D eigenvalue weighted by atomic mass is 10.5. The summed E-state index contributed by atoms with van der Waals surface area (Å²) in [5.74, 6) is 0. The van der Waals surface area contributed by atoms with Gasteiger partial charge >= 0.3 is 5.63 Å². The van der Waals surface area contributed by atoms with Crippen molar-refractivity contribution < 1.29 is 4.42 Å². The van der Waals surface area contributed by atoms with E-state index in [-0.39, 0.29) is 5.63 Å². The standard InChI is InChI=1S/C6H4N2O2/c9-6-5-1-2-7-8(5)3-4-10-6/h1-4H. The van der Waals surface area contributed by atoms with Crippen LogP contribution in [0.2, 0.25) is 0 Å². The van der Waals surface area contributed by atoms with Crippen molar-refractivity contribution in [2.45, 2.75) is 0 Å². The van der Waals surface area contributed by atoms with Crippen molar-refractivity contribution in [2.75, 3.05) is 0 Å². The average molecular weight is 136 g/mol. The fraction of sp³-hybridized carbons (Fsp3) is 0. The van der Waals surface area contributed by atoms with Gasteiger partial charge in [0.25, 0.3) is 0 Å². The van der Waals surface area contributed by atoms with E-state index in [1.54, 1.807) is 18.5 Å². The largest absolute Gasteiger partial charge is 0.428 e. The van der Waals surface area contributed by atoms with Crippen LogP contribution in [0.4, 0.5) is 0 Å². The second kappa shape index (κ2) is 1.70. The number of fused-ring (bicyclic) bond motifs is 1. The maximum absolute atomic E-state index is 10.8. The Morgan fingerprint density at radius 2 is 2.50 bits per heavy atom. The molecule has 0 N–H and O–H groups in total. The molecule has 0 unspecified atom stereocenters. The summed E-state index contributed by atoms with van der Waals surface area (Å²) in [5.41, 5.74) is 0.0995. The minimum absolute atomic E-state index is 0.361. The first-order valence-electron chi connectivity index (χ1n) is 2.79. The lowest BCUT2D eigenvalue weighted by Gasteiger charge is -1.85. The van der Waals surface area contributed by atoms with Crippen LogP contribution in [0.1, 0.15) is 0 Å². The van der Waals surface area contributed by atoms with E-state index in [0.717, 1.165) is 0 Å². The van der Waals surface area contributed by atoms with Crippen molar-refractivity contribution in [1.82, 2.24) is 9.61 Å². The van der Waals surface area contributed by atoms with E-state index in [9.17, 15) is 4.79 Å². The van der Waals surface area contributed by atoms with Crippen molar-refractivity contribution >= 4 is 5.52 Å². The molecule has 0 spiro atoms. The molecule has 0 amide bonds. The highest BCUT2D eigenvalue weighted by Crippen LogP contribution is 1.91. The second-order valence-corrected chi connectivity index (χ2v) is 1.85. The molecule has 2 rings (SSSR count). The van der Waals surface area contributed by atoms with Crippen molar-refractivity contribution in [3.63, 3.8) is 0 Å². The van der Waals surface area contributed by atoms with Gasteiger partial charge in [0.05, 0.1) is 12.4 Å². The fourth-order valence-electron chi connectivity index (χ4n) is 0.805. The van der Waals surface area contributed by atoms with E-state index >= 15 is 0 Å². The Labute approximate surface area is 55.7 Å². The zero-order valence-corrected chi connectivity index (χ0v) is 5.02. The molecule has 2 heterocycles. The molecule has 0 radical (unpaired) electrons. The number of aromatic nitrogens is 2. The van der Waals surface area contributed by atoms with Gasteiger partial charge in [0, 0.05) is 0 Å². The van der Waals surface area contributed by atoms with Crippen LogP contribution in [0.15, 0.2) is 33.9 Å². The Morgan fingerprint density at radius 3 is 3.30 bits per heavy atom. The smallest absolute Gasteiger partial charge is 0.361 e. The number of rotatable bonds is 0. The molecule has 0 aliphatic heterocycles. The molecule has 50 valence electrons. The minimum atomic E-state index is -0.361. The number of nitrogens with zero attached hydrogens (tertiary/aromatic N) is 2. The Kier molecular flexibility index (Phi) is 0.887. The molecule has 0 saturated carbocycles. The third kappa shape index (κ3) is 0.556. The third-order valence-electron chi connectivity index (χ3n) is 1.26.